The maximum Gasteiger partial charge on any atom is 0.331 e. The number of unbranched alkanes of at least 4 members (excludes halogenated alkanes) is 19. The van der Waals surface area contributed by atoms with Crippen molar-refractivity contribution in [2.45, 2.75) is 205 Å². The molecule has 1 rings (SSSR count). The number of allylic oxidation sites excluding steroid dienone is 7. The van der Waals surface area contributed by atoms with Gasteiger partial charge < -0.3 is 39.4 Å². The van der Waals surface area contributed by atoms with Gasteiger partial charge >= 0.3 is 11.9 Å². The van der Waals surface area contributed by atoms with Gasteiger partial charge in [0, 0.05) is 12.5 Å². The Balaban J connectivity index is 2.41. The summed E-state index contributed by atoms with van der Waals surface area (Å²) in [6.45, 7) is 3.26. The molecule has 55 heavy (non-hydrogen) atoms. The number of rotatable bonds is 35. The molecule has 318 valence electrons. The van der Waals surface area contributed by atoms with Crippen molar-refractivity contribution in [3.63, 3.8) is 0 Å². The van der Waals surface area contributed by atoms with Crippen molar-refractivity contribution >= 4 is 11.9 Å². The Labute approximate surface area is 333 Å². The van der Waals surface area contributed by atoms with Gasteiger partial charge in [-0.15, -0.1) is 0 Å². The topological polar surface area (TPSA) is 152 Å². The lowest BCUT2D eigenvalue weighted by Crippen LogP contribution is -2.59. The van der Waals surface area contributed by atoms with E-state index in [0.717, 1.165) is 51.4 Å². The molecule has 0 amide bonds. The first-order valence-corrected chi connectivity index (χ1v) is 21.7. The Kier molecular flexibility index (Phi) is 33.2. The minimum atomic E-state index is -1.61. The van der Waals surface area contributed by atoms with Crippen molar-refractivity contribution in [3.05, 3.63) is 48.6 Å². The lowest BCUT2D eigenvalue weighted by Gasteiger charge is -2.39. The molecule has 6 atom stereocenters. The second kappa shape index (κ2) is 36.0. The summed E-state index contributed by atoms with van der Waals surface area (Å²) in [5.41, 5.74) is 0. The molecule has 10 heteroatoms. The summed E-state index contributed by atoms with van der Waals surface area (Å²) in [5.74, 6) is -1.08. The zero-order chi connectivity index (χ0) is 40.2. The molecule has 2 unspecified atom stereocenters. The van der Waals surface area contributed by atoms with Crippen molar-refractivity contribution in [2.75, 3.05) is 19.8 Å². The van der Waals surface area contributed by atoms with Crippen LogP contribution in [0.3, 0.4) is 0 Å². The number of hydrogen-bond donors (Lipinski definition) is 4. The van der Waals surface area contributed by atoms with Gasteiger partial charge in [-0.25, -0.2) is 4.79 Å². The summed E-state index contributed by atoms with van der Waals surface area (Å²) in [7, 11) is 0. The number of carbonyl (C=O) groups is 2. The normalized spacial score (nSPS) is 21.0. The standard InChI is InChI=1S/C45H78O10/c1-3-5-7-9-11-13-15-17-19-21-23-25-27-29-31-33-40(47)52-36-38(37-53-45-44(51)43(50)42(49)39(35-46)55-45)54-41(48)34-32-30-28-26-24-22-20-18-16-14-12-10-8-6-4-2/h11,13,17,19,28,30,32,34,38-39,42-46,49-51H,3-10,12,14-16,18,20-27,29,31,33,35-37H2,1-2H3/b13-11+,19-17+,30-28+,34-32+/t38-,39-,42+,43?,44?,45-/m0/s1. The number of aliphatic hydroxyl groups excluding tert-OH is 4. The Hall–Kier alpha value is -2.34. The van der Waals surface area contributed by atoms with Gasteiger partial charge in [0.05, 0.1) is 13.2 Å². The number of aliphatic hydroxyl groups is 4. The highest BCUT2D eigenvalue weighted by Gasteiger charge is 2.44. The summed E-state index contributed by atoms with van der Waals surface area (Å²) in [5, 5.41) is 40.0. The number of carbonyl (C=O) groups excluding carboxylic acids is 2. The van der Waals surface area contributed by atoms with Crippen molar-refractivity contribution in [2.24, 2.45) is 0 Å². The third-order valence-corrected chi connectivity index (χ3v) is 9.79. The average Bonchev–Trinajstić information content (AvgIpc) is 3.18. The third-order valence-electron chi connectivity index (χ3n) is 9.79. The number of esters is 2. The maximum atomic E-state index is 12.6. The molecule has 4 N–H and O–H groups in total. The van der Waals surface area contributed by atoms with Crippen LogP contribution in [0.15, 0.2) is 48.6 Å². The quantitative estimate of drug-likeness (QED) is 0.0161. The zero-order valence-electron chi connectivity index (χ0n) is 34.4. The predicted molar refractivity (Wildman–Crippen MR) is 219 cm³/mol. The molecule has 1 aliphatic heterocycles. The van der Waals surface area contributed by atoms with Gasteiger partial charge in [0.1, 0.15) is 31.0 Å². The zero-order valence-corrected chi connectivity index (χ0v) is 34.4. The minimum Gasteiger partial charge on any atom is -0.462 e. The molecule has 0 aromatic carbocycles. The molecule has 10 nitrogen and oxygen atoms in total. The largest absolute Gasteiger partial charge is 0.462 e. The van der Waals surface area contributed by atoms with Crippen LogP contribution in [-0.4, -0.2) is 89.0 Å². The van der Waals surface area contributed by atoms with Crippen molar-refractivity contribution < 1.29 is 49.0 Å². The molecule has 1 aliphatic rings. The second-order valence-electron chi connectivity index (χ2n) is 14.9. The molecule has 1 fully saturated rings. The van der Waals surface area contributed by atoms with Crippen LogP contribution in [0.25, 0.3) is 0 Å². The van der Waals surface area contributed by atoms with Gasteiger partial charge in [0.2, 0.25) is 0 Å². The fourth-order valence-corrected chi connectivity index (χ4v) is 6.30. The van der Waals surface area contributed by atoms with Crippen LogP contribution in [0.1, 0.15) is 168 Å². The average molecular weight is 779 g/mol. The van der Waals surface area contributed by atoms with E-state index in [4.69, 9.17) is 18.9 Å². The monoisotopic (exact) mass is 779 g/mol. The fourth-order valence-electron chi connectivity index (χ4n) is 6.30. The molecule has 0 bridgehead atoms. The van der Waals surface area contributed by atoms with E-state index in [2.05, 4.69) is 38.2 Å². The van der Waals surface area contributed by atoms with Crippen LogP contribution in [0.4, 0.5) is 0 Å². The van der Waals surface area contributed by atoms with Gasteiger partial charge in [-0.1, -0.05) is 153 Å². The predicted octanol–water partition coefficient (Wildman–Crippen LogP) is 8.88. The smallest absolute Gasteiger partial charge is 0.331 e. The molecule has 0 aromatic heterocycles. The van der Waals surface area contributed by atoms with E-state index < -0.39 is 55.4 Å². The summed E-state index contributed by atoms with van der Waals surface area (Å²) >= 11 is 0. The van der Waals surface area contributed by atoms with Crippen LogP contribution in [-0.2, 0) is 28.5 Å². The molecule has 0 radical (unpaired) electrons. The second-order valence-corrected chi connectivity index (χ2v) is 14.9. The van der Waals surface area contributed by atoms with Crippen molar-refractivity contribution in [3.8, 4) is 0 Å². The third kappa shape index (κ3) is 27.8. The van der Waals surface area contributed by atoms with Crippen LogP contribution < -0.4 is 0 Å². The summed E-state index contributed by atoms with van der Waals surface area (Å²) in [6, 6.07) is 0. The van der Waals surface area contributed by atoms with E-state index in [1.54, 1.807) is 6.08 Å². The van der Waals surface area contributed by atoms with Gasteiger partial charge in [0.25, 0.3) is 0 Å². The Morgan fingerprint density at radius 1 is 0.618 bits per heavy atom. The molecule has 1 saturated heterocycles. The first-order valence-electron chi connectivity index (χ1n) is 21.7. The molecule has 0 spiro atoms. The van der Waals surface area contributed by atoms with E-state index in [0.29, 0.717) is 6.42 Å². The lowest BCUT2D eigenvalue weighted by atomic mass is 9.99. The van der Waals surface area contributed by atoms with Crippen molar-refractivity contribution in [1.29, 1.82) is 0 Å². The van der Waals surface area contributed by atoms with Gasteiger partial charge in [0.15, 0.2) is 12.4 Å². The summed E-state index contributed by atoms with van der Waals surface area (Å²) in [4.78, 5) is 25.2. The SMILES string of the molecule is CCCCC/C=C/C/C=C/CCCCCCCC(=O)OC[C@@H](CO[C@H]1O[C@@H](CO)[C@@H](O)C(O)C1O)OC(=O)/C=C/C=C/CCCCCCCCCCCCC. The van der Waals surface area contributed by atoms with E-state index in [1.807, 2.05) is 12.2 Å². The highest BCUT2D eigenvalue weighted by molar-refractivity contribution is 5.82. The lowest BCUT2D eigenvalue weighted by molar-refractivity contribution is -0.305. The summed E-state index contributed by atoms with van der Waals surface area (Å²) in [6.07, 6.45) is 34.6. The highest BCUT2D eigenvalue weighted by atomic mass is 16.7. The van der Waals surface area contributed by atoms with Crippen molar-refractivity contribution in [1.82, 2.24) is 0 Å². The molecular weight excluding hydrogens is 700 g/mol. The molecule has 0 aromatic rings. The number of hydrogen-bond acceptors (Lipinski definition) is 10. The molecular formula is C45H78O10. The fraction of sp³-hybridized carbons (Fsp3) is 0.778. The maximum absolute atomic E-state index is 12.6. The van der Waals surface area contributed by atoms with E-state index >= 15 is 0 Å². The van der Waals surface area contributed by atoms with Gasteiger partial charge in [-0.3, -0.25) is 4.79 Å². The summed E-state index contributed by atoms with van der Waals surface area (Å²) < 4.78 is 21.9. The first kappa shape index (κ1) is 50.7. The van der Waals surface area contributed by atoms with Gasteiger partial charge in [-0.05, 0) is 51.4 Å². The van der Waals surface area contributed by atoms with Gasteiger partial charge in [-0.2, -0.15) is 0 Å². The van der Waals surface area contributed by atoms with Crippen LogP contribution in [0.5, 0.6) is 0 Å². The Morgan fingerprint density at radius 3 is 1.75 bits per heavy atom. The number of ether oxygens (including phenoxy) is 4. The minimum absolute atomic E-state index is 0.239. The van der Waals surface area contributed by atoms with Crippen LogP contribution >= 0.6 is 0 Å². The van der Waals surface area contributed by atoms with Crippen LogP contribution in [0, 0.1) is 0 Å². The highest BCUT2D eigenvalue weighted by Crippen LogP contribution is 2.22. The van der Waals surface area contributed by atoms with E-state index in [9.17, 15) is 30.0 Å². The Bertz CT molecular complexity index is 1040. The molecule has 0 saturated carbocycles. The van der Waals surface area contributed by atoms with Crippen LogP contribution in [0.2, 0.25) is 0 Å². The molecule has 0 aliphatic carbocycles. The molecule has 1 heterocycles. The Morgan fingerprint density at radius 2 is 1.15 bits per heavy atom. The van der Waals surface area contributed by atoms with E-state index in [1.165, 1.54) is 96.0 Å². The first-order chi connectivity index (χ1) is 26.8. The van der Waals surface area contributed by atoms with E-state index in [-0.39, 0.29) is 19.6 Å².